The van der Waals surface area contributed by atoms with Gasteiger partial charge in [0.15, 0.2) is 11.6 Å². The molecule has 2 unspecified atom stereocenters. The van der Waals surface area contributed by atoms with Crippen LogP contribution < -0.4 is 0 Å². The largest absolute Gasteiger partial charge is 0.294 e. The zero-order valence-corrected chi connectivity index (χ0v) is 23.5. The molecule has 2 bridgehead atoms. The molecule has 2 heteroatoms. The predicted molar refractivity (Wildman–Crippen MR) is 155 cm³/mol. The molecule has 0 aromatic heterocycles. The van der Waals surface area contributed by atoms with E-state index in [1.165, 1.54) is 22.3 Å². The molecule has 1 fully saturated rings. The van der Waals surface area contributed by atoms with Gasteiger partial charge in [0.25, 0.3) is 0 Å². The van der Waals surface area contributed by atoms with E-state index in [4.69, 9.17) is 0 Å². The van der Waals surface area contributed by atoms with Crippen molar-refractivity contribution in [2.24, 2.45) is 23.2 Å². The topological polar surface area (TPSA) is 34.1 Å². The molecule has 4 atom stereocenters. The lowest BCUT2D eigenvalue weighted by atomic mass is 9.63. The minimum atomic E-state index is -0.199. The lowest BCUT2D eigenvalue weighted by Crippen LogP contribution is -2.42. The quantitative estimate of drug-likeness (QED) is 0.286. The van der Waals surface area contributed by atoms with Crippen LogP contribution in [0.5, 0.6) is 0 Å². The van der Waals surface area contributed by atoms with Crippen LogP contribution >= 0.6 is 0 Å². The van der Waals surface area contributed by atoms with Gasteiger partial charge >= 0.3 is 0 Å². The summed E-state index contributed by atoms with van der Waals surface area (Å²) in [6.45, 7) is 11.0. The molecule has 0 amide bonds. The van der Waals surface area contributed by atoms with E-state index in [0.29, 0.717) is 11.1 Å². The van der Waals surface area contributed by atoms with Gasteiger partial charge in [-0.3, -0.25) is 9.59 Å². The molecule has 4 rings (SSSR count). The van der Waals surface area contributed by atoms with Gasteiger partial charge in [0.1, 0.15) is 0 Å². The van der Waals surface area contributed by atoms with Crippen LogP contribution in [-0.4, -0.2) is 11.6 Å². The summed E-state index contributed by atoms with van der Waals surface area (Å²) in [4.78, 5) is 26.8. The Kier molecular flexibility index (Phi) is 8.67. The average Bonchev–Trinajstić information content (AvgIpc) is 3.43. The van der Waals surface area contributed by atoms with Gasteiger partial charge in [-0.25, -0.2) is 0 Å². The third-order valence-corrected chi connectivity index (χ3v) is 8.76. The highest BCUT2D eigenvalue weighted by Crippen LogP contribution is 2.61. The maximum atomic E-state index is 13.5. The van der Waals surface area contributed by atoms with E-state index in [1.807, 2.05) is 24.3 Å². The van der Waals surface area contributed by atoms with Crippen LogP contribution in [0, 0.1) is 23.2 Å². The Morgan fingerprint density at radius 1 is 0.784 bits per heavy atom. The number of carbonyl (C=O) groups excluding carboxylic acids is 2. The number of carbonyl (C=O) groups is 2. The summed E-state index contributed by atoms with van der Waals surface area (Å²) in [5.41, 5.74) is 6.80. The number of benzene rings is 1. The molecule has 0 saturated heterocycles. The Balaban J connectivity index is 1.30. The number of Topliss-reactive ketones (excluding diaryl/α,β-unsaturated/α-hetero) is 2. The number of ketones is 2. The average molecular weight is 497 g/mol. The fourth-order valence-corrected chi connectivity index (χ4v) is 6.63. The highest BCUT2D eigenvalue weighted by Gasteiger charge is 2.61. The smallest absolute Gasteiger partial charge is 0.168 e. The molecule has 0 radical (unpaired) electrons. The van der Waals surface area contributed by atoms with Crippen LogP contribution in [-0.2, 0) is 0 Å². The standard InChI is InChI=1S/C35H44O2/c1-24(2)11-8-12-25(3)13-9-14-26(4)15-10-16-27(5)19-21-35-22-20-28(23-35)31-32(35)34(37)30-18-7-6-17-29(30)33(31)36/h6-7,11,13,15,17-20,22,28,31-32H,8-10,12,14,16,21,23H2,1-5H3/b25-13+,26-15+,27-19+/t28-,31?,32?,35+/m1/s1. The van der Waals surface area contributed by atoms with Crippen LogP contribution in [0.1, 0.15) is 107 Å². The molecule has 1 aromatic rings. The van der Waals surface area contributed by atoms with Gasteiger partial charge in [-0.2, -0.15) is 0 Å². The summed E-state index contributed by atoms with van der Waals surface area (Å²) >= 11 is 0. The summed E-state index contributed by atoms with van der Waals surface area (Å²) in [6.07, 6.45) is 22.3. The number of rotatable bonds is 11. The van der Waals surface area contributed by atoms with E-state index in [1.54, 1.807) is 0 Å². The summed E-state index contributed by atoms with van der Waals surface area (Å²) in [7, 11) is 0. The first-order valence-electron chi connectivity index (χ1n) is 14.2. The molecule has 37 heavy (non-hydrogen) atoms. The van der Waals surface area contributed by atoms with Crippen molar-refractivity contribution in [1.29, 1.82) is 0 Å². The third kappa shape index (κ3) is 6.06. The molecule has 0 heterocycles. The van der Waals surface area contributed by atoms with Crippen molar-refractivity contribution in [3.8, 4) is 0 Å². The van der Waals surface area contributed by atoms with Crippen LogP contribution in [0.15, 0.2) is 83.0 Å². The number of fused-ring (bicyclic) bond motifs is 6. The second kappa shape index (κ2) is 11.8. The maximum Gasteiger partial charge on any atom is 0.168 e. The first-order valence-corrected chi connectivity index (χ1v) is 14.2. The molecule has 0 spiro atoms. The molecular weight excluding hydrogens is 452 g/mol. The molecule has 3 aliphatic rings. The molecule has 2 nitrogen and oxygen atoms in total. The normalized spacial score (nSPS) is 26.9. The minimum absolute atomic E-state index is 0.170. The number of hydrogen-bond acceptors (Lipinski definition) is 2. The Hall–Kier alpha value is -2.74. The molecular formula is C35H44O2. The summed E-state index contributed by atoms with van der Waals surface area (Å²) < 4.78 is 0. The van der Waals surface area contributed by atoms with Crippen LogP contribution in [0.2, 0.25) is 0 Å². The van der Waals surface area contributed by atoms with E-state index < -0.39 is 0 Å². The molecule has 1 saturated carbocycles. The number of hydrogen-bond donors (Lipinski definition) is 0. The van der Waals surface area contributed by atoms with Gasteiger partial charge in [0, 0.05) is 28.4 Å². The highest BCUT2D eigenvalue weighted by molar-refractivity contribution is 6.17. The van der Waals surface area contributed by atoms with Crippen molar-refractivity contribution in [3.63, 3.8) is 0 Å². The lowest BCUT2D eigenvalue weighted by molar-refractivity contribution is 0.0665. The molecule has 196 valence electrons. The van der Waals surface area contributed by atoms with Gasteiger partial charge in [0.05, 0.1) is 0 Å². The predicted octanol–water partition coefficient (Wildman–Crippen LogP) is 9.41. The van der Waals surface area contributed by atoms with E-state index in [2.05, 4.69) is 71.1 Å². The monoisotopic (exact) mass is 496 g/mol. The van der Waals surface area contributed by atoms with Gasteiger partial charge in [-0.1, -0.05) is 83.0 Å². The van der Waals surface area contributed by atoms with Crippen molar-refractivity contribution in [2.75, 3.05) is 0 Å². The Bertz CT molecular complexity index is 1180. The summed E-state index contributed by atoms with van der Waals surface area (Å²) in [5.74, 6) is 0.193. The second-order valence-electron chi connectivity index (χ2n) is 12.0. The third-order valence-electron chi connectivity index (χ3n) is 8.76. The highest BCUT2D eigenvalue weighted by atomic mass is 16.1. The first kappa shape index (κ1) is 27.3. The molecule has 0 N–H and O–H groups in total. The molecule has 1 aromatic carbocycles. The fraction of sp³-hybridized carbons (Fsp3) is 0.486. The van der Waals surface area contributed by atoms with E-state index in [9.17, 15) is 9.59 Å². The van der Waals surface area contributed by atoms with E-state index >= 15 is 0 Å². The Morgan fingerprint density at radius 3 is 1.92 bits per heavy atom. The maximum absolute atomic E-state index is 13.5. The van der Waals surface area contributed by atoms with Gasteiger partial charge in [-0.15, -0.1) is 0 Å². The lowest BCUT2D eigenvalue weighted by Gasteiger charge is -2.37. The van der Waals surface area contributed by atoms with Crippen LogP contribution in [0.4, 0.5) is 0 Å². The minimum Gasteiger partial charge on any atom is -0.294 e. The zero-order valence-electron chi connectivity index (χ0n) is 23.5. The van der Waals surface area contributed by atoms with E-state index in [0.717, 1.165) is 51.4 Å². The van der Waals surface area contributed by atoms with E-state index in [-0.39, 0.29) is 34.7 Å². The molecule has 3 aliphatic carbocycles. The molecule has 0 aliphatic heterocycles. The van der Waals surface area contributed by atoms with Crippen molar-refractivity contribution in [2.45, 2.75) is 86.0 Å². The van der Waals surface area contributed by atoms with Crippen molar-refractivity contribution in [3.05, 3.63) is 94.1 Å². The van der Waals surface area contributed by atoms with Gasteiger partial charge in [-0.05, 0) is 91.9 Å². The zero-order chi connectivity index (χ0) is 26.6. The summed E-state index contributed by atoms with van der Waals surface area (Å²) in [6, 6.07) is 7.42. The fourth-order valence-electron chi connectivity index (χ4n) is 6.63. The van der Waals surface area contributed by atoms with Crippen molar-refractivity contribution in [1.82, 2.24) is 0 Å². The number of allylic oxidation sites excluding steroid dienone is 10. The second-order valence-corrected chi connectivity index (χ2v) is 12.0. The van der Waals surface area contributed by atoms with Crippen LogP contribution in [0.3, 0.4) is 0 Å². The summed E-state index contributed by atoms with van der Waals surface area (Å²) in [5, 5.41) is 0. The SMILES string of the molecule is CC(C)=CCC/C(C)=C/CC/C(C)=C/CC/C(C)=C/C[C@]12C=C[C@H](C1)C1C(=O)c3ccccc3C(=O)C12. The Labute approximate surface area is 224 Å². The van der Waals surface area contributed by atoms with Crippen molar-refractivity contribution >= 4 is 11.6 Å². The van der Waals surface area contributed by atoms with Crippen molar-refractivity contribution < 1.29 is 9.59 Å². The van der Waals surface area contributed by atoms with Gasteiger partial charge in [0.2, 0.25) is 0 Å². The van der Waals surface area contributed by atoms with Crippen LogP contribution in [0.25, 0.3) is 0 Å². The van der Waals surface area contributed by atoms with Gasteiger partial charge < -0.3 is 0 Å². The Morgan fingerprint density at radius 2 is 1.32 bits per heavy atom. The first-order chi connectivity index (χ1) is 17.7.